The summed E-state index contributed by atoms with van der Waals surface area (Å²) in [6, 6.07) is 7.93. The number of piperidine rings is 1. The van der Waals surface area contributed by atoms with Crippen LogP contribution in [-0.4, -0.2) is 41.7 Å². The van der Waals surface area contributed by atoms with E-state index < -0.39 is 0 Å². The van der Waals surface area contributed by atoms with E-state index in [0.717, 1.165) is 23.0 Å². The predicted molar refractivity (Wildman–Crippen MR) is 86.9 cm³/mol. The van der Waals surface area contributed by atoms with Crippen molar-refractivity contribution >= 4 is 21.8 Å². The number of halogens is 1. The Hall–Kier alpha value is -0.910. The molecule has 2 N–H and O–H groups in total. The average molecular weight is 355 g/mol. The van der Waals surface area contributed by atoms with Crippen LogP contribution in [0.15, 0.2) is 28.7 Å². The first kappa shape index (κ1) is 16.5. The van der Waals surface area contributed by atoms with Gasteiger partial charge < -0.3 is 10.4 Å². The summed E-state index contributed by atoms with van der Waals surface area (Å²) in [6.07, 6.45) is 0.618. The normalized spacial score (nSPS) is 24.6. The summed E-state index contributed by atoms with van der Waals surface area (Å²) < 4.78 is 1.03. The third-order valence-corrected chi connectivity index (χ3v) is 4.65. The van der Waals surface area contributed by atoms with Gasteiger partial charge in [0.05, 0.1) is 18.7 Å². The molecule has 21 heavy (non-hydrogen) atoms. The molecule has 1 fully saturated rings. The maximum absolute atomic E-state index is 12.1. The third kappa shape index (κ3) is 4.80. The number of likely N-dealkylation sites (tertiary alicyclic amines) is 1. The fourth-order valence-electron chi connectivity index (χ4n) is 2.58. The largest absolute Gasteiger partial charge is 0.392 e. The number of rotatable bonds is 4. The number of nitrogens with zero attached hydrogens (tertiary/aromatic N) is 1. The van der Waals surface area contributed by atoms with Crippen molar-refractivity contribution in [3.05, 3.63) is 34.3 Å². The molecule has 2 rings (SSSR count). The lowest BCUT2D eigenvalue weighted by molar-refractivity contribution is -0.123. The summed E-state index contributed by atoms with van der Waals surface area (Å²) in [6.45, 7) is 5.84. The van der Waals surface area contributed by atoms with Gasteiger partial charge >= 0.3 is 0 Å². The second kappa shape index (κ2) is 7.38. The molecule has 0 radical (unpaired) electrons. The maximum Gasteiger partial charge on any atom is 0.234 e. The summed E-state index contributed by atoms with van der Waals surface area (Å²) in [5.41, 5.74) is 1.08. The van der Waals surface area contributed by atoms with E-state index >= 15 is 0 Å². The summed E-state index contributed by atoms with van der Waals surface area (Å²) >= 11 is 3.40. The third-order valence-electron chi connectivity index (χ3n) is 4.12. The summed E-state index contributed by atoms with van der Waals surface area (Å²) in [4.78, 5) is 14.1. The van der Waals surface area contributed by atoms with Gasteiger partial charge in [0.2, 0.25) is 5.91 Å². The highest BCUT2D eigenvalue weighted by Gasteiger charge is 2.25. The van der Waals surface area contributed by atoms with Crippen LogP contribution in [0.2, 0.25) is 0 Å². The lowest BCUT2D eigenvalue weighted by atomic mass is 9.96. The smallest absolute Gasteiger partial charge is 0.234 e. The lowest BCUT2D eigenvalue weighted by Gasteiger charge is -2.33. The topological polar surface area (TPSA) is 52.6 Å². The quantitative estimate of drug-likeness (QED) is 0.872. The van der Waals surface area contributed by atoms with Gasteiger partial charge in [-0.1, -0.05) is 35.0 Å². The van der Waals surface area contributed by atoms with Gasteiger partial charge in [-0.25, -0.2) is 0 Å². The number of benzene rings is 1. The number of carbonyl (C=O) groups is 1. The minimum Gasteiger partial charge on any atom is -0.392 e. The molecule has 1 aromatic carbocycles. The van der Waals surface area contributed by atoms with Crippen LogP contribution in [0.1, 0.15) is 31.9 Å². The highest BCUT2D eigenvalue weighted by molar-refractivity contribution is 9.10. The van der Waals surface area contributed by atoms with E-state index in [1.165, 1.54) is 0 Å². The van der Waals surface area contributed by atoms with Gasteiger partial charge in [0.1, 0.15) is 0 Å². The lowest BCUT2D eigenvalue weighted by Crippen LogP contribution is -2.47. The molecule has 1 amide bonds. The second-order valence-corrected chi connectivity index (χ2v) is 6.82. The number of nitrogens with one attached hydrogen (secondary N) is 1. The van der Waals surface area contributed by atoms with E-state index in [9.17, 15) is 9.90 Å². The Morgan fingerprint density at radius 3 is 2.76 bits per heavy atom. The van der Waals surface area contributed by atoms with Crippen molar-refractivity contribution < 1.29 is 9.90 Å². The first-order valence-corrected chi connectivity index (χ1v) is 8.20. The van der Waals surface area contributed by atoms with Gasteiger partial charge in [0, 0.05) is 11.0 Å². The zero-order chi connectivity index (χ0) is 15.4. The minimum absolute atomic E-state index is 0.00664. The van der Waals surface area contributed by atoms with E-state index in [-0.39, 0.29) is 18.1 Å². The number of aliphatic hydroxyl groups excluding tert-OH is 1. The van der Waals surface area contributed by atoms with Crippen LogP contribution in [0.5, 0.6) is 0 Å². The van der Waals surface area contributed by atoms with E-state index in [1.54, 1.807) is 0 Å². The van der Waals surface area contributed by atoms with Crippen LogP contribution in [0.3, 0.4) is 0 Å². The van der Waals surface area contributed by atoms with Crippen LogP contribution in [0, 0.1) is 5.92 Å². The molecule has 4 nitrogen and oxygen atoms in total. The molecule has 0 aromatic heterocycles. The molecule has 1 heterocycles. The molecule has 3 unspecified atom stereocenters. The van der Waals surface area contributed by atoms with Crippen LogP contribution in [-0.2, 0) is 4.79 Å². The average Bonchev–Trinajstić information content (AvgIpc) is 2.43. The van der Waals surface area contributed by atoms with E-state index in [4.69, 9.17) is 0 Å². The molecule has 0 bridgehead atoms. The zero-order valence-corrected chi connectivity index (χ0v) is 14.1. The predicted octanol–water partition coefficient (Wildman–Crippen LogP) is 2.33. The van der Waals surface area contributed by atoms with Crippen LogP contribution in [0.25, 0.3) is 0 Å². The van der Waals surface area contributed by atoms with Crippen molar-refractivity contribution in [2.24, 2.45) is 5.92 Å². The molecule has 5 heteroatoms. The molecule has 116 valence electrons. The van der Waals surface area contributed by atoms with Crippen molar-refractivity contribution in [3.63, 3.8) is 0 Å². The SMILES string of the molecule is CC(NC(=O)CN1CCC(C)C(O)C1)c1ccc(Br)cc1. The van der Waals surface area contributed by atoms with Gasteiger partial charge in [-0.05, 0) is 43.5 Å². The molecule has 1 aliphatic rings. The van der Waals surface area contributed by atoms with Gasteiger partial charge in [-0.3, -0.25) is 9.69 Å². The molecule has 1 aliphatic heterocycles. The maximum atomic E-state index is 12.1. The minimum atomic E-state index is -0.324. The molecule has 1 saturated heterocycles. The molecule has 0 spiro atoms. The van der Waals surface area contributed by atoms with Crippen LogP contribution >= 0.6 is 15.9 Å². The molecule has 1 aromatic rings. The molecule has 0 saturated carbocycles. The number of hydrogen-bond donors (Lipinski definition) is 2. The monoisotopic (exact) mass is 354 g/mol. The highest BCUT2D eigenvalue weighted by atomic mass is 79.9. The van der Waals surface area contributed by atoms with Crippen molar-refractivity contribution in [2.75, 3.05) is 19.6 Å². The van der Waals surface area contributed by atoms with Crippen molar-refractivity contribution in [1.29, 1.82) is 0 Å². The number of β-amino-alcohol motifs (C(OH)–C–C–N with tert-alkyl or cyclic N) is 1. The molecular weight excluding hydrogens is 332 g/mol. The zero-order valence-electron chi connectivity index (χ0n) is 12.6. The summed E-state index contributed by atoms with van der Waals surface area (Å²) in [7, 11) is 0. The Bertz CT molecular complexity index is 478. The molecule has 3 atom stereocenters. The number of aliphatic hydroxyl groups is 1. The molecular formula is C16H23BrN2O2. The fraction of sp³-hybridized carbons (Fsp3) is 0.562. The van der Waals surface area contributed by atoms with Gasteiger partial charge in [-0.2, -0.15) is 0 Å². The Labute approximate surface area is 134 Å². The van der Waals surface area contributed by atoms with E-state index in [1.807, 2.05) is 36.1 Å². The van der Waals surface area contributed by atoms with Crippen LogP contribution in [0.4, 0.5) is 0 Å². The Morgan fingerprint density at radius 1 is 1.48 bits per heavy atom. The molecule has 0 aliphatic carbocycles. The number of hydrogen-bond acceptors (Lipinski definition) is 3. The standard InChI is InChI=1S/C16H23BrN2O2/c1-11-7-8-19(9-15(11)20)10-16(21)18-12(2)13-3-5-14(17)6-4-13/h3-6,11-12,15,20H,7-10H2,1-2H3,(H,18,21). The van der Waals surface area contributed by atoms with Crippen LogP contribution < -0.4 is 5.32 Å². The van der Waals surface area contributed by atoms with Crippen molar-refractivity contribution in [1.82, 2.24) is 10.2 Å². The number of amides is 1. The fourth-order valence-corrected chi connectivity index (χ4v) is 2.85. The van der Waals surface area contributed by atoms with E-state index in [2.05, 4.69) is 28.2 Å². The highest BCUT2D eigenvalue weighted by Crippen LogP contribution is 2.18. The first-order chi connectivity index (χ1) is 9.95. The number of carbonyl (C=O) groups excluding carboxylic acids is 1. The van der Waals surface area contributed by atoms with Gasteiger partial charge in [-0.15, -0.1) is 0 Å². The first-order valence-electron chi connectivity index (χ1n) is 7.41. The van der Waals surface area contributed by atoms with Crippen molar-refractivity contribution in [3.8, 4) is 0 Å². The Balaban J connectivity index is 1.82. The Kier molecular flexibility index (Phi) is 5.79. The summed E-state index contributed by atoms with van der Waals surface area (Å²) in [5, 5.41) is 12.9. The van der Waals surface area contributed by atoms with Gasteiger partial charge in [0.25, 0.3) is 0 Å². The summed E-state index contributed by atoms with van der Waals surface area (Å²) in [5.74, 6) is 0.332. The second-order valence-electron chi connectivity index (χ2n) is 5.91. The van der Waals surface area contributed by atoms with E-state index in [0.29, 0.717) is 19.0 Å². The van der Waals surface area contributed by atoms with Crippen molar-refractivity contribution in [2.45, 2.75) is 32.4 Å². The Morgan fingerprint density at radius 2 is 2.14 bits per heavy atom. The van der Waals surface area contributed by atoms with Gasteiger partial charge in [0.15, 0.2) is 0 Å².